The van der Waals surface area contributed by atoms with E-state index >= 15 is 0 Å². The van der Waals surface area contributed by atoms with Crippen molar-refractivity contribution in [2.45, 2.75) is 40.0 Å². The van der Waals surface area contributed by atoms with Gasteiger partial charge in [-0.25, -0.2) is 0 Å². The fourth-order valence-electron chi connectivity index (χ4n) is 1.07. The lowest BCUT2D eigenvalue weighted by Crippen LogP contribution is -2.00. The van der Waals surface area contributed by atoms with Gasteiger partial charge in [-0.15, -0.1) is 0 Å². The Kier molecular flexibility index (Phi) is 7.68. The topological polar surface area (TPSA) is 52.6 Å². The summed E-state index contributed by atoms with van der Waals surface area (Å²) in [6.45, 7) is 7.15. The van der Waals surface area contributed by atoms with Gasteiger partial charge in [-0.1, -0.05) is 20.8 Å². The van der Waals surface area contributed by atoms with E-state index in [4.69, 9.17) is 0 Å². The fourth-order valence-corrected chi connectivity index (χ4v) is 1.07. The highest BCUT2D eigenvalue weighted by Gasteiger charge is 2.20. The van der Waals surface area contributed by atoms with Crippen LogP contribution in [-0.4, -0.2) is 25.2 Å². The molecule has 2 heterocycles. The van der Waals surface area contributed by atoms with Crippen LogP contribution in [0, 0.1) is 5.92 Å². The average Bonchev–Trinajstić information content (AvgIpc) is 2.84. The largest absolute Gasteiger partial charge is 0.466 e. The van der Waals surface area contributed by atoms with Crippen molar-refractivity contribution >= 4 is 11.9 Å². The first-order valence-electron chi connectivity index (χ1n) is 5.52. The smallest absolute Gasteiger partial charge is 0.308 e. The molecule has 1 atom stereocenters. The van der Waals surface area contributed by atoms with Crippen LogP contribution in [0.2, 0.25) is 0 Å². The van der Waals surface area contributed by atoms with Crippen molar-refractivity contribution < 1.29 is 19.1 Å². The highest BCUT2D eigenvalue weighted by atomic mass is 16.5. The molecular weight excluding hydrogens is 196 g/mol. The summed E-state index contributed by atoms with van der Waals surface area (Å²) in [7, 11) is 0. The van der Waals surface area contributed by atoms with Crippen LogP contribution in [0.3, 0.4) is 0 Å². The van der Waals surface area contributed by atoms with Crippen LogP contribution in [0.15, 0.2) is 0 Å². The van der Waals surface area contributed by atoms with Gasteiger partial charge in [-0.05, 0) is 12.8 Å². The predicted octanol–water partition coefficient (Wildman–Crippen LogP) is 1.92. The second kappa shape index (κ2) is 8.26. The van der Waals surface area contributed by atoms with Crippen LogP contribution in [0.5, 0.6) is 0 Å². The summed E-state index contributed by atoms with van der Waals surface area (Å²) in [6, 6.07) is 0. The maximum atomic E-state index is 10.4. The molecule has 0 aromatic heterocycles. The molecule has 88 valence electrons. The van der Waals surface area contributed by atoms with E-state index in [2.05, 4.69) is 9.47 Å². The van der Waals surface area contributed by atoms with Gasteiger partial charge in [0, 0.05) is 6.42 Å². The summed E-state index contributed by atoms with van der Waals surface area (Å²) in [6.07, 6.45) is 2.44. The van der Waals surface area contributed by atoms with Gasteiger partial charge in [-0.3, -0.25) is 9.59 Å². The Hall–Kier alpha value is -1.06. The zero-order valence-corrected chi connectivity index (χ0v) is 9.75. The van der Waals surface area contributed by atoms with Crippen molar-refractivity contribution in [2.24, 2.45) is 5.92 Å². The molecule has 15 heavy (non-hydrogen) atoms. The molecule has 0 amide bonds. The number of esters is 2. The zero-order chi connectivity index (χ0) is 11.7. The molecule has 2 fully saturated rings. The minimum Gasteiger partial charge on any atom is -0.466 e. The van der Waals surface area contributed by atoms with E-state index in [1.165, 1.54) is 0 Å². The van der Waals surface area contributed by atoms with Crippen LogP contribution < -0.4 is 0 Å². The second-order valence-corrected chi connectivity index (χ2v) is 3.18. The first-order valence-corrected chi connectivity index (χ1v) is 5.52. The third kappa shape index (κ3) is 6.10. The Morgan fingerprint density at radius 1 is 1.13 bits per heavy atom. The SMILES string of the molecule is CC.CC1CCOC1=O.O=C1CCCO1. The molecule has 0 aliphatic carbocycles. The molecule has 0 aromatic carbocycles. The van der Waals surface area contributed by atoms with Crippen molar-refractivity contribution in [1.29, 1.82) is 0 Å². The number of cyclic esters (lactones) is 2. The van der Waals surface area contributed by atoms with Crippen molar-refractivity contribution in [3.8, 4) is 0 Å². The molecule has 2 rings (SSSR count). The van der Waals surface area contributed by atoms with Crippen molar-refractivity contribution in [1.82, 2.24) is 0 Å². The summed E-state index contributed by atoms with van der Waals surface area (Å²) in [5.41, 5.74) is 0. The normalized spacial score (nSPS) is 23.0. The average molecular weight is 216 g/mol. The highest BCUT2D eigenvalue weighted by Crippen LogP contribution is 2.11. The third-order valence-electron chi connectivity index (χ3n) is 1.99. The number of ether oxygens (including phenoxy) is 2. The summed E-state index contributed by atoms with van der Waals surface area (Å²) in [5, 5.41) is 0. The Morgan fingerprint density at radius 3 is 1.93 bits per heavy atom. The minimum absolute atomic E-state index is 0.0417. The van der Waals surface area contributed by atoms with Crippen LogP contribution in [0.1, 0.15) is 40.0 Å². The summed E-state index contributed by atoms with van der Waals surface area (Å²) in [5.74, 6) is 0.0648. The number of carbonyl (C=O) groups excluding carboxylic acids is 2. The van der Waals surface area contributed by atoms with Crippen LogP contribution in [0.4, 0.5) is 0 Å². The molecule has 4 nitrogen and oxygen atoms in total. The minimum atomic E-state index is -0.0463. The quantitative estimate of drug-likeness (QED) is 0.580. The lowest BCUT2D eigenvalue weighted by Gasteiger charge is -1.88. The summed E-state index contributed by atoms with van der Waals surface area (Å²) >= 11 is 0. The molecule has 0 saturated carbocycles. The fraction of sp³-hybridized carbons (Fsp3) is 0.818. The molecule has 4 heteroatoms. The molecule has 1 unspecified atom stereocenters. The highest BCUT2D eigenvalue weighted by molar-refractivity contribution is 5.73. The van der Waals surface area contributed by atoms with Crippen LogP contribution >= 0.6 is 0 Å². The first-order chi connectivity index (χ1) is 7.20. The Morgan fingerprint density at radius 2 is 1.80 bits per heavy atom. The lowest BCUT2D eigenvalue weighted by atomic mass is 10.2. The van der Waals surface area contributed by atoms with Crippen LogP contribution in [0.25, 0.3) is 0 Å². The van der Waals surface area contributed by atoms with E-state index in [0.29, 0.717) is 19.6 Å². The van der Waals surface area contributed by atoms with Gasteiger partial charge in [-0.2, -0.15) is 0 Å². The molecule has 2 aliphatic rings. The van der Waals surface area contributed by atoms with E-state index in [9.17, 15) is 9.59 Å². The second-order valence-electron chi connectivity index (χ2n) is 3.18. The Labute approximate surface area is 90.9 Å². The molecule has 0 aromatic rings. The molecule has 0 N–H and O–H groups in total. The van der Waals surface area contributed by atoms with Gasteiger partial charge < -0.3 is 9.47 Å². The van der Waals surface area contributed by atoms with Gasteiger partial charge in [0.05, 0.1) is 19.1 Å². The summed E-state index contributed by atoms with van der Waals surface area (Å²) < 4.78 is 9.14. The van der Waals surface area contributed by atoms with Gasteiger partial charge in [0.15, 0.2) is 0 Å². The van der Waals surface area contributed by atoms with E-state index in [-0.39, 0.29) is 17.9 Å². The number of hydrogen-bond acceptors (Lipinski definition) is 4. The monoisotopic (exact) mass is 216 g/mol. The number of hydrogen-bond donors (Lipinski definition) is 0. The van der Waals surface area contributed by atoms with E-state index in [0.717, 1.165) is 12.8 Å². The number of rotatable bonds is 0. The first kappa shape index (κ1) is 13.9. The zero-order valence-electron chi connectivity index (χ0n) is 9.75. The van der Waals surface area contributed by atoms with E-state index in [1.807, 2.05) is 20.8 Å². The van der Waals surface area contributed by atoms with Crippen molar-refractivity contribution in [2.75, 3.05) is 13.2 Å². The Bertz CT molecular complexity index is 193. The molecule has 0 spiro atoms. The number of carbonyl (C=O) groups is 2. The van der Waals surface area contributed by atoms with Crippen molar-refractivity contribution in [3.63, 3.8) is 0 Å². The molecular formula is C11H20O4. The lowest BCUT2D eigenvalue weighted by molar-refractivity contribution is -0.141. The molecule has 2 aliphatic heterocycles. The third-order valence-corrected chi connectivity index (χ3v) is 1.99. The van der Waals surface area contributed by atoms with Gasteiger partial charge in [0.2, 0.25) is 0 Å². The van der Waals surface area contributed by atoms with E-state index < -0.39 is 0 Å². The van der Waals surface area contributed by atoms with Crippen molar-refractivity contribution in [3.05, 3.63) is 0 Å². The standard InChI is InChI=1S/C5H8O2.C4H6O2.C2H6/c1-4-2-3-7-5(4)6;5-4-2-1-3-6-4;1-2/h4H,2-3H2,1H3;1-3H2;1-2H3. The molecule has 0 bridgehead atoms. The van der Waals surface area contributed by atoms with Gasteiger partial charge >= 0.3 is 11.9 Å². The van der Waals surface area contributed by atoms with Gasteiger partial charge in [0.1, 0.15) is 0 Å². The maximum absolute atomic E-state index is 10.4. The summed E-state index contributed by atoms with van der Waals surface area (Å²) in [4.78, 5) is 20.4. The maximum Gasteiger partial charge on any atom is 0.308 e. The molecule has 2 saturated heterocycles. The molecule has 0 radical (unpaired) electrons. The predicted molar refractivity (Wildman–Crippen MR) is 56.3 cm³/mol. The van der Waals surface area contributed by atoms with Gasteiger partial charge in [0.25, 0.3) is 0 Å². The Balaban J connectivity index is 0.000000227. The van der Waals surface area contributed by atoms with Crippen LogP contribution in [-0.2, 0) is 19.1 Å². The van der Waals surface area contributed by atoms with E-state index in [1.54, 1.807) is 0 Å².